The Hall–Kier alpha value is -1.61. The molecular weight excluding hydrogens is 286 g/mol. The van der Waals surface area contributed by atoms with Gasteiger partial charge in [0.05, 0.1) is 12.3 Å². The molecule has 7 nitrogen and oxygen atoms in total. The third-order valence-corrected chi connectivity index (χ3v) is 4.83. The van der Waals surface area contributed by atoms with Gasteiger partial charge in [-0.2, -0.15) is 0 Å². The van der Waals surface area contributed by atoms with E-state index in [9.17, 15) is 4.79 Å². The van der Waals surface area contributed by atoms with Gasteiger partial charge in [-0.3, -0.25) is 4.79 Å². The average Bonchev–Trinajstić information content (AvgIpc) is 3.04. The molecule has 3 heterocycles. The number of thioether (sulfide) groups is 1. The standard InChI is InChI=1S/C10H11N5O2S2/c16-8(17)6-18-10-13-12-9(19-10)15-4-3-14-2-1-11-7(14)5-15/h1-2H,3-6H2,(H,16,17). The summed E-state index contributed by atoms with van der Waals surface area (Å²) >= 11 is 2.62. The molecule has 0 fully saturated rings. The van der Waals surface area contributed by atoms with Gasteiger partial charge < -0.3 is 14.6 Å². The van der Waals surface area contributed by atoms with Crippen molar-refractivity contribution in [1.29, 1.82) is 0 Å². The number of carboxylic acid groups (broad SMARTS) is 1. The van der Waals surface area contributed by atoms with Crippen LogP contribution in [-0.4, -0.2) is 43.1 Å². The van der Waals surface area contributed by atoms with Crippen LogP contribution >= 0.6 is 23.1 Å². The summed E-state index contributed by atoms with van der Waals surface area (Å²) in [5.74, 6) is 0.182. The first-order valence-electron chi connectivity index (χ1n) is 5.65. The van der Waals surface area contributed by atoms with Crippen LogP contribution in [-0.2, 0) is 17.9 Å². The maximum atomic E-state index is 10.5. The van der Waals surface area contributed by atoms with Crippen LogP contribution < -0.4 is 4.90 Å². The van der Waals surface area contributed by atoms with Gasteiger partial charge in [-0.15, -0.1) is 10.2 Å². The van der Waals surface area contributed by atoms with Crippen molar-refractivity contribution in [2.24, 2.45) is 0 Å². The lowest BCUT2D eigenvalue weighted by Gasteiger charge is -2.26. The zero-order chi connectivity index (χ0) is 13.2. The maximum Gasteiger partial charge on any atom is 0.313 e. The van der Waals surface area contributed by atoms with Crippen LogP contribution in [0.3, 0.4) is 0 Å². The molecule has 1 N–H and O–H groups in total. The minimum atomic E-state index is -0.846. The van der Waals surface area contributed by atoms with Gasteiger partial charge in [-0.1, -0.05) is 23.1 Å². The summed E-state index contributed by atoms with van der Waals surface area (Å²) in [6.45, 7) is 2.46. The molecule has 0 aliphatic carbocycles. The summed E-state index contributed by atoms with van der Waals surface area (Å²) in [5.41, 5.74) is 0. The van der Waals surface area contributed by atoms with Gasteiger partial charge in [-0.25, -0.2) is 4.98 Å². The van der Waals surface area contributed by atoms with Crippen LogP contribution in [0.1, 0.15) is 5.82 Å². The number of carbonyl (C=O) groups is 1. The Morgan fingerprint density at radius 3 is 3.21 bits per heavy atom. The molecule has 0 saturated heterocycles. The molecule has 0 atom stereocenters. The summed E-state index contributed by atoms with van der Waals surface area (Å²) in [7, 11) is 0. The summed E-state index contributed by atoms with van der Waals surface area (Å²) in [6.07, 6.45) is 3.77. The highest BCUT2D eigenvalue weighted by Crippen LogP contribution is 2.29. The lowest BCUT2D eigenvalue weighted by Crippen LogP contribution is -2.33. The summed E-state index contributed by atoms with van der Waals surface area (Å²) in [5, 5.41) is 17.6. The Balaban J connectivity index is 1.68. The third-order valence-electron chi connectivity index (χ3n) is 2.73. The Morgan fingerprint density at radius 2 is 2.37 bits per heavy atom. The van der Waals surface area contributed by atoms with E-state index in [-0.39, 0.29) is 5.75 Å². The second-order valence-corrected chi connectivity index (χ2v) is 6.17. The maximum absolute atomic E-state index is 10.5. The third kappa shape index (κ3) is 2.71. The average molecular weight is 297 g/mol. The first kappa shape index (κ1) is 12.4. The zero-order valence-corrected chi connectivity index (χ0v) is 11.5. The number of anilines is 1. The Morgan fingerprint density at radius 1 is 1.47 bits per heavy atom. The lowest BCUT2D eigenvalue weighted by molar-refractivity contribution is -0.133. The minimum absolute atomic E-state index is 0.0129. The molecule has 0 radical (unpaired) electrons. The van der Waals surface area contributed by atoms with Crippen LogP contribution in [0.5, 0.6) is 0 Å². The number of hydrogen-bond donors (Lipinski definition) is 1. The largest absolute Gasteiger partial charge is 0.481 e. The summed E-state index contributed by atoms with van der Waals surface area (Å²) < 4.78 is 2.81. The fourth-order valence-corrected chi connectivity index (χ4v) is 3.43. The lowest BCUT2D eigenvalue weighted by atomic mass is 10.4. The number of rotatable bonds is 4. The molecule has 0 bridgehead atoms. The van der Waals surface area contributed by atoms with Crippen LogP contribution in [0.4, 0.5) is 5.13 Å². The molecule has 9 heteroatoms. The van der Waals surface area contributed by atoms with E-state index in [1.165, 1.54) is 23.1 Å². The molecule has 0 unspecified atom stereocenters. The highest BCUT2D eigenvalue weighted by atomic mass is 32.2. The fourth-order valence-electron chi connectivity index (χ4n) is 1.85. The van der Waals surface area contributed by atoms with E-state index in [2.05, 4.69) is 24.6 Å². The van der Waals surface area contributed by atoms with Gasteiger partial charge >= 0.3 is 5.97 Å². The Kier molecular flexibility index (Phi) is 3.38. The van der Waals surface area contributed by atoms with Crippen molar-refractivity contribution in [3.63, 3.8) is 0 Å². The zero-order valence-electron chi connectivity index (χ0n) is 9.89. The van der Waals surface area contributed by atoms with Crippen LogP contribution in [0.25, 0.3) is 0 Å². The number of nitrogens with zero attached hydrogens (tertiary/aromatic N) is 5. The molecular formula is C10H11N5O2S2. The van der Waals surface area contributed by atoms with Crippen molar-refractivity contribution < 1.29 is 9.90 Å². The normalized spacial score (nSPS) is 14.4. The highest BCUT2D eigenvalue weighted by Gasteiger charge is 2.20. The monoisotopic (exact) mass is 297 g/mol. The number of aliphatic carboxylic acids is 1. The molecule has 100 valence electrons. The fraction of sp³-hybridized carbons (Fsp3) is 0.400. The predicted molar refractivity (Wildman–Crippen MR) is 71.5 cm³/mol. The highest BCUT2D eigenvalue weighted by molar-refractivity contribution is 8.01. The molecule has 0 amide bonds. The number of fused-ring (bicyclic) bond motifs is 1. The van der Waals surface area contributed by atoms with Gasteiger partial charge in [0.1, 0.15) is 5.82 Å². The Labute approximate surface area is 117 Å². The van der Waals surface area contributed by atoms with E-state index in [4.69, 9.17) is 5.11 Å². The van der Waals surface area contributed by atoms with Crippen molar-refractivity contribution in [3.8, 4) is 0 Å². The predicted octanol–water partition coefficient (Wildman–Crippen LogP) is 0.931. The molecule has 1 aliphatic rings. The number of carboxylic acids is 1. The quantitative estimate of drug-likeness (QED) is 0.840. The van der Waals surface area contributed by atoms with E-state index in [1.807, 2.05) is 6.20 Å². The van der Waals surface area contributed by atoms with E-state index in [0.717, 1.165) is 24.0 Å². The van der Waals surface area contributed by atoms with E-state index in [1.54, 1.807) is 6.20 Å². The van der Waals surface area contributed by atoms with Crippen molar-refractivity contribution in [3.05, 3.63) is 18.2 Å². The van der Waals surface area contributed by atoms with Gasteiger partial charge in [-0.05, 0) is 0 Å². The summed E-state index contributed by atoms with van der Waals surface area (Å²) in [4.78, 5) is 16.9. The molecule has 0 spiro atoms. The van der Waals surface area contributed by atoms with Crippen LogP contribution in [0, 0.1) is 0 Å². The SMILES string of the molecule is O=C(O)CSc1nnc(N2CCn3ccnc3C2)s1. The minimum Gasteiger partial charge on any atom is -0.481 e. The van der Waals surface area contributed by atoms with E-state index < -0.39 is 5.97 Å². The number of imidazole rings is 1. The number of hydrogen-bond acceptors (Lipinski definition) is 7. The van der Waals surface area contributed by atoms with E-state index in [0.29, 0.717) is 10.9 Å². The second-order valence-electron chi connectivity index (χ2n) is 3.99. The van der Waals surface area contributed by atoms with Crippen molar-refractivity contribution >= 4 is 34.2 Å². The first-order valence-corrected chi connectivity index (χ1v) is 7.45. The first-order chi connectivity index (χ1) is 9.22. The van der Waals surface area contributed by atoms with Gasteiger partial charge in [0.2, 0.25) is 5.13 Å². The van der Waals surface area contributed by atoms with Gasteiger partial charge in [0, 0.05) is 25.5 Å². The molecule has 2 aromatic heterocycles. The van der Waals surface area contributed by atoms with Crippen LogP contribution in [0.15, 0.2) is 16.7 Å². The molecule has 1 aliphatic heterocycles. The van der Waals surface area contributed by atoms with Crippen molar-refractivity contribution in [1.82, 2.24) is 19.7 Å². The molecule has 19 heavy (non-hydrogen) atoms. The van der Waals surface area contributed by atoms with Gasteiger partial charge in [0.25, 0.3) is 0 Å². The smallest absolute Gasteiger partial charge is 0.313 e. The van der Waals surface area contributed by atoms with Gasteiger partial charge in [0.15, 0.2) is 4.34 Å². The molecule has 0 aromatic carbocycles. The number of aromatic nitrogens is 4. The van der Waals surface area contributed by atoms with Crippen LogP contribution in [0.2, 0.25) is 0 Å². The second kappa shape index (κ2) is 5.17. The van der Waals surface area contributed by atoms with Crippen molar-refractivity contribution in [2.75, 3.05) is 17.2 Å². The molecule has 0 saturated carbocycles. The summed E-state index contributed by atoms with van der Waals surface area (Å²) in [6, 6.07) is 0. The topological polar surface area (TPSA) is 84.1 Å². The molecule has 3 rings (SSSR count). The van der Waals surface area contributed by atoms with Crippen molar-refractivity contribution in [2.45, 2.75) is 17.4 Å². The molecule has 2 aromatic rings. The Bertz CT molecular complexity index is 596. The van der Waals surface area contributed by atoms with E-state index >= 15 is 0 Å².